The maximum Gasteiger partial charge on any atom is 0.243 e. The molecular formula is C10H19NO3. The summed E-state index contributed by atoms with van der Waals surface area (Å²) in [5.74, 6) is -0.311. The van der Waals surface area contributed by atoms with Gasteiger partial charge >= 0.3 is 0 Å². The van der Waals surface area contributed by atoms with E-state index in [2.05, 4.69) is 6.92 Å². The van der Waals surface area contributed by atoms with E-state index in [9.17, 15) is 4.79 Å². The van der Waals surface area contributed by atoms with E-state index < -0.39 is 0 Å². The van der Waals surface area contributed by atoms with Crippen LogP contribution in [-0.2, 0) is 9.53 Å². The van der Waals surface area contributed by atoms with Gasteiger partial charge in [-0.25, -0.2) is 5.48 Å². The quantitative estimate of drug-likeness (QED) is 0.525. The van der Waals surface area contributed by atoms with E-state index in [4.69, 9.17) is 9.94 Å². The molecule has 0 aromatic rings. The molecule has 1 heterocycles. The molecule has 0 aliphatic carbocycles. The molecule has 4 nitrogen and oxygen atoms in total. The van der Waals surface area contributed by atoms with Crippen molar-refractivity contribution < 1.29 is 14.7 Å². The molecule has 1 aliphatic heterocycles. The average molecular weight is 201 g/mol. The van der Waals surface area contributed by atoms with Crippen molar-refractivity contribution in [1.82, 2.24) is 5.48 Å². The lowest BCUT2D eigenvalue weighted by Crippen LogP contribution is -2.39. The highest BCUT2D eigenvalue weighted by Gasteiger charge is 2.36. The molecule has 82 valence electrons. The molecule has 0 unspecified atom stereocenters. The fourth-order valence-electron chi connectivity index (χ4n) is 2.54. The Labute approximate surface area is 84.6 Å². The summed E-state index contributed by atoms with van der Waals surface area (Å²) in [6.07, 6.45) is 2.47. The number of carbonyl (C=O) groups is 1. The average Bonchev–Trinajstić information content (AvgIpc) is 2.00. The predicted molar refractivity (Wildman–Crippen MR) is 51.9 cm³/mol. The highest BCUT2D eigenvalue weighted by molar-refractivity contribution is 5.75. The number of amides is 1. The monoisotopic (exact) mass is 201 g/mol. The van der Waals surface area contributed by atoms with Crippen molar-refractivity contribution in [2.75, 3.05) is 0 Å². The Kier molecular flexibility index (Phi) is 3.50. The van der Waals surface area contributed by atoms with Crippen molar-refractivity contribution in [2.24, 2.45) is 5.41 Å². The Morgan fingerprint density at radius 1 is 1.50 bits per heavy atom. The zero-order valence-corrected chi connectivity index (χ0v) is 9.04. The van der Waals surface area contributed by atoms with Gasteiger partial charge in [-0.05, 0) is 32.1 Å². The summed E-state index contributed by atoms with van der Waals surface area (Å²) in [6.45, 7) is 6.10. The number of ether oxygens (including phenoxy) is 1. The molecule has 4 heteroatoms. The van der Waals surface area contributed by atoms with Gasteiger partial charge in [0.1, 0.15) is 0 Å². The smallest absolute Gasteiger partial charge is 0.243 e. The van der Waals surface area contributed by atoms with Crippen LogP contribution >= 0.6 is 0 Å². The Balaban J connectivity index is 2.58. The van der Waals surface area contributed by atoms with Crippen LogP contribution in [0.3, 0.4) is 0 Å². The molecular weight excluding hydrogens is 182 g/mol. The molecule has 0 radical (unpaired) electrons. The molecule has 1 fully saturated rings. The van der Waals surface area contributed by atoms with Gasteiger partial charge < -0.3 is 4.74 Å². The first-order valence-corrected chi connectivity index (χ1v) is 5.03. The highest BCUT2D eigenvalue weighted by atomic mass is 16.5. The highest BCUT2D eigenvalue weighted by Crippen LogP contribution is 2.38. The van der Waals surface area contributed by atoms with Crippen LogP contribution in [0.2, 0.25) is 0 Å². The Morgan fingerprint density at radius 2 is 2.00 bits per heavy atom. The zero-order valence-electron chi connectivity index (χ0n) is 9.04. The maximum atomic E-state index is 11.1. The topological polar surface area (TPSA) is 58.6 Å². The van der Waals surface area contributed by atoms with Gasteiger partial charge in [0.15, 0.2) is 0 Å². The van der Waals surface area contributed by atoms with Crippen LogP contribution in [0.4, 0.5) is 0 Å². The van der Waals surface area contributed by atoms with Crippen LogP contribution in [-0.4, -0.2) is 23.3 Å². The van der Waals surface area contributed by atoms with Gasteiger partial charge in [-0.3, -0.25) is 10.0 Å². The van der Waals surface area contributed by atoms with Crippen molar-refractivity contribution >= 4 is 5.91 Å². The molecule has 3 atom stereocenters. The van der Waals surface area contributed by atoms with Crippen molar-refractivity contribution in [3.63, 3.8) is 0 Å². The summed E-state index contributed by atoms with van der Waals surface area (Å²) in [5, 5.41) is 8.48. The molecule has 1 saturated heterocycles. The molecule has 0 bridgehead atoms. The zero-order chi connectivity index (χ0) is 10.8. The van der Waals surface area contributed by atoms with Crippen molar-refractivity contribution in [3.05, 3.63) is 0 Å². The number of hydrogen-bond donors (Lipinski definition) is 2. The van der Waals surface area contributed by atoms with Gasteiger partial charge in [0.2, 0.25) is 5.91 Å². The fraction of sp³-hybridized carbons (Fsp3) is 0.900. The lowest BCUT2D eigenvalue weighted by Gasteiger charge is -2.39. The van der Waals surface area contributed by atoms with Gasteiger partial charge in [0.25, 0.3) is 0 Å². The van der Waals surface area contributed by atoms with Crippen molar-refractivity contribution in [2.45, 2.75) is 52.2 Å². The van der Waals surface area contributed by atoms with Crippen molar-refractivity contribution in [3.8, 4) is 0 Å². The van der Waals surface area contributed by atoms with Crippen molar-refractivity contribution in [1.29, 1.82) is 0 Å². The van der Waals surface area contributed by atoms with E-state index in [1.165, 1.54) is 0 Å². The van der Waals surface area contributed by atoms with E-state index in [0.29, 0.717) is 6.42 Å². The number of carbonyl (C=O) groups excluding carboxylic acids is 1. The van der Waals surface area contributed by atoms with E-state index >= 15 is 0 Å². The fourth-order valence-corrected chi connectivity index (χ4v) is 2.54. The maximum absolute atomic E-state index is 11.1. The molecule has 1 amide bonds. The third kappa shape index (κ3) is 2.96. The largest absolute Gasteiger partial charge is 0.376 e. The molecule has 0 aromatic heterocycles. The Bertz CT molecular complexity index is 207. The standard InChI is InChI=1S/C10H19NO3/c1-7-4-10(3,5-8(2)14-7)6-9(12)11-13/h7-8,13H,4-6H2,1-3H3,(H,11,12)/t7-,8+,10-. The summed E-state index contributed by atoms with van der Waals surface area (Å²) in [5.41, 5.74) is 1.64. The first kappa shape index (κ1) is 11.5. The predicted octanol–water partition coefficient (Wildman–Crippen LogP) is 1.48. The van der Waals surface area contributed by atoms with Crippen LogP contribution in [0.1, 0.15) is 40.0 Å². The van der Waals surface area contributed by atoms with E-state index in [1.807, 2.05) is 13.8 Å². The third-order valence-electron chi connectivity index (χ3n) is 2.74. The minimum Gasteiger partial charge on any atom is -0.376 e. The Hall–Kier alpha value is -0.610. The van der Waals surface area contributed by atoms with Gasteiger partial charge in [-0.1, -0.05) is 6.92 Å². The minimum absolute atomic E-state index is 0.0517. The molecule has 2 N–H and O–H groups in total. The molecule has 1 rings (SSSR count). The van der Waals surface area contributed by atoms with Gasteiger partial charge in [0.05, 0.1) is 12.2 Å². The molecule has 0 spiro atoms. The SMILES string of the molecule is C[C@@H]1C[C@@](C)(CC(=O)NO)C[C@H](C)O1. The van der Waals surface area contributed by atoms with Crippen LogP contribution in [0.25, 0.3) is 0 Å². The second kappa shape index (κ2) is 4.28. The first-order valence-electron chi connectivity index (χ1n) is 5.03. The Morgan fingerprint density at radius 3 is 2.43 bits per heavy atom. The third-order valence-corrected chi connectivity index (χ3v) is 2.74. The summed E-state index contributed by atoms with van der Waals surface area (Å²) < 4.78 is 5.60. The van der Waals surface area contributed by atoms with E-state index in [-0.39, 0.29) is 23.5 Å². The first-order chi connectivity index (χ1) is 6.45. The van der Waals surface area contributed by atoms with Gasteiger partial charge in [-0.15, -0.1) is 0 Å². The molecule has 14 heavy (non-hydrogen) atoms. The minimum atomic E-state index is -0.311. The van der Waals surface area contributed by atoms with Crippen LogP contribution in [0.15, 0.2) is 0 Å². The lowest BCUT2D eigenvalue weighted by molar-refractivity contribution is -0.136. The summed E-state index contributed by atoms with van der Waals surface area (Å²) in [6, 6.07) is 0. The summed E-state index contributed by atoms with van der Waals surface area (Å²) >= 11 is 0. The van der Waals surface area contributed by atoms with Gasteiger partial charge in [0, 0.05) is 6.42 Å². The number of hydrogen-bond acceptors (Lipinski definition) is 3. The van der Waals surface area contributed by atoms with Crippen LogP contribution in [0, 0.1) is 5.41 Å². The van der Waals surface area contributed by atoms with E-state index in [0.717, 1.165) is 12.8 Å². The summed E-state index contributed by atoms with van der Waals surface area (Å²) in [7, 11) is 0. The number of hydroxylamine groups is 1. The number of rotatable bonds is 2. The van der Waals surface area contributed by atoms with Crippen LogP contribution in [0.5, 0.6) is 0 Å². The molecule has 0 aromatic carbocycles. The molecule has 0 saturated carbocycles. The second-order valence-corrected chi connectivity index (χ2v) is 4.69. The molecule has 1 aliphatic rings. The van der Waals surface area contributed by atoms with Gasteiger partial charge in [-0.2, -0.15) is 0 Å². The number of nitrogens with one attached hydrogen (secondary N) is 1. The summed E-state index contributed by atoms with van der Waals surface area (Å²) in [4.78, 5) is 11.1. The second-order valence-electron chi connectivity index (χ2n) is 4.69. The normalized spacial score (nSPS) is 38.0. The lowest BCUT2D eigenvalue weighted by atomic mass is 9.75. The van der Waals surface area contributed by atoms with Crippen LogP contribution < -0.4 is 5.48 Å². The van der Waals surface area contributed by atoms with E-state index in [1.54, 1.807) is 5.48 Å².